The smallest absolute Gasteiger partial charge is 0.261 e. The van der Waals surface area contributed by atoms with Gasteiger partial charge in [0.15, 0.2) is 0 Å². The van der Waals surface area contributed by atoms with E-state index in [-0.39, 0.29) is 26.5 Å². The number of hydrogen-bond acceptors (Lipinski definition) is 4. The van der Waals surface area contributed by atoms with Gasteiger partial charge in [0, 0.05) is 15.8 Å². The van der Waals surface area contributed by atoms with E-state index in [4.69, 9.17) is 23.2 Å². The number of sulfonamides is 1. The minimum atomic E-state index is -3.88. The summed E-state index contributed by atoms with van der Waals surface area (Å²) >= 11 is 13.6. The van der Waals surface area contributed by atoms with Gasteiger partial charge in [-0.05, 0) is 48.5 Å². The molecule has 0 spiro atoms. The molecule has 162 valence electrons. The Kier molecular flexibility index (Phi) is 7.54. The van der Waals surface area contributed by atoms with Gasteiger partial charge >= 0.3 is 0 Å². The van der Waals surface area contributed by atoms with Gasteiger partial charge in [-0.3, -0.25) is 9.52 Å². The molecule has 0 aliphatic carbocycles. The maximum atomic E-state index is 12.7. The van der Waals surface area contributed by atoms with E-state index < -0.39 is 10.0 Å². The Morgan fingerprint density at radius 3 is 2.29 bits per heavy atom. The first-order valence-electron chi connectivity index (χ1n) is 9.31. The molecule has 5 nitrogen and oxygen atoms in total. The lowest BCUT2D eigenvalue weighted by Crippen LogP contribution is -2.15. The zero-order valence-electron chi connectivity index (χ0n) is 16.7. The molecule has 0 unspecified atom stereocenters. The van der Waals surface area contributed by atoms with Crippen LogP contribution in [0.4, 0.5) is 11.4 Å². The van der Waals surface area contributed by atoms with E-state index in [1.54, 1.807) is 30.0 Å². The first kappa shape index (κ1) is 23.5. The van der Waals surface area contributed by atoms with Crippen LogP contribution in [0.5, 0.6) is 0 Å². The molecule has 0 aromatic heterocycles. The van der Waals surface area contributed by atoms with Gasteiger partial charge in [0.05, 0.1) is 26.2 Å². The summed E-state index contributed by atoms with van der Waals surface area (Å²) in [4.78, 5) is 13.6. The number of thioether (sulfide) groups is 1. The van der Waals surface area contributed by atoms with Crippen LogP contribution in [-0.4, -0.2) is 19.6 Å². The molecule has 3 rings (SSSR count). The van der Waals surface area contributed by atoms with E-state index in [0.717, 1.165) is 4.90 Å². The standard InChI is InChI=1S/C22H20Cl2N2O3S2/c1-14(2)30-20-9-4-3-6-17(20)22(27)25-15-10-12-16(13-11-15)31(28,29)26-19-8-5-7-18(23)21(19)24/h3-14,26H,1-2H3,(H,25,27). The Morgan fingerprint density at radius 1 is 0.935 bits per heavy atom. The van der Waals surface area contributed by atoms with Gasteiger partial charge < -0.3 is 5.32 Å². The number of carbonyl (C=O) groups excluding carboxylic acids is 1. The van der Waals surface area contributed by atoms with Gasteiger partial charge in [0.2, 0.25) is 0 Å². The lowest BCUT2D eigenvalue weighted by atomic mass is 10.2. The topological polar surface area (TPSA) is 75.3 Å². The minimum absolute atomic E-state index is 0.0253. The van der Waals surface area contributed by atoms with Crippen molar-refractivity contribution in [1.82, 2.24) is 0 Å². The highest BCUT2D eigenvalue weighted by Gasteiger charge is 2.18. The molecular formula is C22H20Cl2N2O3S2. The summed E-state index contributed by atoms with van der Waals surface area (Å²) < 4.78 is 27.8. The van der Waals surface area contributed by atoms with Crippen molar-refractivity contribution in [1.29, 1.82) is 0 Å². The van der Waals surface area contributed by atoms with Crippen LogP contribution < -0.4 is 10.0 Å². The highest BCUT2D eigenvalue weighted by Crippen LogP contribution is 2.31. The second-order valence-corrected chi connectivity index (χ2v) is 10.9. The van der Waals surface area contributed by atoms with E-state index in [0.29, 0.717) is 16.5 Å². The van der Waals surface area contributed by atoms with E-state index in [1.807, 2.05) is 18.2 Å². The van der Waals surface area contributed by atoms with Gasteiger partial charge in [-0.1, -0.05) is 55.2 Å². The maximum Gasteiger partial charge on any atom is 0.261 e. The first-order valence-corrected chi connectivity index (χ1v) is 12.4. The van der Waals surface area contributed by atoms with E-state index in [2.05, 4.69) is 23.9 Å². The van der Waals surface area contributed by atoms with E-state index >= 15 is 0 Å². The average Bonchev–Trinajstić information content (AvgIpc) is 2.71. The average molecular weight is 495 g/mol. The fraction of sp³-hybridized carbons (Fsp3) is 0.136. The van der Waals surface area contributed by atoms with E-state index in [1.165, 1.54) is 30.3 Å². The molecule has 0 fully saturated rings. The van der Waals surface area contributed by atoms with Crippen molar-refractivity contribution in [2.45, 2.75) is 28.9 Å². The van der Waals surface area contributed by atoms with Crippen molar-refractivity contribution < 1.29 is 13.2 Å². The van der Waals surface area contributed by atoms with Crippen molar-refractivity contribution in [2.24, 2.45) is 0 Å². The van der Waals surface area contributed by atoms with Crippen molar-refractivity contribution in [3.63, 3.8) is 0 Å². The largest absolute Gasteiger partial charge is 0.322 e. The third-order valence-corrected chi connectivity index (χ3v) is 7.39. The molecule has 0 aliphatic heterocycles. The Balaban J connectivity index is 1.76. The molecule has 3 aromatic rings. The molecule has 0 saturated carbocycles. The summed E-state index contributed by atoms with van der Waals surface area (Å²) in [6.45, 7) is 4.12. The number of carbonyl (C=O) groups is 1. The highest BCUT2D eigenvalue weighted by molar-refractivity contribution is 8.00. The van der Waals surface area contributed by atoms with Crippen LogP contribution in [0.15, 0.2) is 76.5 Å². The molecule has 0 saturated heterocycles. The summed E-state index contributed by atoms with van der Waals surface area (Å²) in [6.07, 6.45) is 0. The van der Waals surface area contributed by atoms with Crippen LogP contribution in [0.1, 0.15) is 24.2 Å². The van der Waals surface area contributed by atoms with Crippen molar-refractivity contribution in [3.8, 4) is 0 Å². The molecule has 0 radical (unpaired) electrons. The normalized spacial score (nSPS) is 11.4. The predicted molar refractivity (Wildman–Crippen MR) is 129 cm³/mol. The Bertz CT molecular complexity index is 1200. The predicted octanol–water partition coefficient (Wildman–Crippen LogP) is 6.55. The molecule has 1 amide bonds. The highest BCUT2D eigenvalue weighted by atomic mass is 35.5. The van der Waals surface area contributed by atoms with Crippen LogP contribution >= 0.6 is 35.0 Å². The van der Waals surface area contributed by atoms with Crippen molar-refractivity contribution in [2.75, 3.05) is 10.0 Å². The molecule has 3 aromatic carbocycles. The second kappa shape index (κ2) is 9.96. The molecule has 2 N–H and O–H groups in total. The second-order valence-electron chi connectivity index (χ2n) is 6.85. The van der Waals surface area contributed by atoms with Crippen LogP contribution in [0, 0.1) is 0 Å². The molecular weight excluding hydrogens is 475 g/mol. The zero-order chi connectivity index (χ0) is 22.6. The monoisotopic (exact) mass is 494 g/mol. The van der Waals surface area contributed by atoms with Gasteiger partial charge in [0.1, 0.15) is 0 Å². The van der Waals surface area contributed by atoms with E-state index in [9.17, 15) is 13.2 Å². The first-order chi connectivity index (χ1) is 14.7. The molecule has 0 atom stereocenters. The van der Waals surface area contributed by atoms with Crippen molar-refractivity contribution >= 4 is 62.3 Å². The zero-order valence-corrected chi connectivity index (χ0v) is 19.9. The third-order valence-electron chi connectivity index (χ3n) is 4.11. The summed E-state index contributed by atoms with van der Waals surface area (Å²) in [5.74, 6) is -0.261. The van der Waals surface area contributed by atoms with Gasteiger partial charge in [0.25, 0.3) is 15.9 Å². The Labute approximate surface area is 196 Å². The minimum Gasteiger partial charge on any atom is -0.322 e. The fourth-order valence-electron chi connectivity index (χ4n) is 2.71. The number of anilines is 2. The van der Waals surface area contributed by atoms with Crippen LogP contribution in [0.25, 0.3) is 0 Å². The van der Waals surface area contributed by atoms with Crippen LogP contribution in [-0.2, 0) is 10.0 Å². The molecule has 31 heavy (non-hydrogen) atoms. The molecule has 9 heteroatoms. The number of rotatable bonds is 7. The van der Waals surface area contributed by atoms with Crippen molar-refractivity contribution in [3.05, 3.63) is 82.3 Å². The number of hydrogen-bond donors (Lipinski definition) is 2. The fourth-order valence-corrected chi connectivity index (χ4v) is 5.14. The third kappa shape index (κ3) is 5.95. The molecule has 0 bridgehead atoms. The number of amides is 1. The Hall–Kier alpha value is -2.19. The molecule has 0 aliphatic rings. The summed E-state index contributed by atoms with van der Waals surface area (Å²) in [6, 6.07) is 17.9. The van der Waals surface area contributed by atoms with Gasteiger partial charge in [-0.25, -0.2) is 8.42 Å². The lowest BCUT2D eigenvalue weighted by molar-refractivity contribution is 0.102. The lowest BCUT2D eigenvalue weighted by Gasteiger charge is -2.13. The Morgan fingerprint density at radius 2 is 1.61 bits per heavy atom. The maximum absolute atomic E-state index is 12.7. The quantitative estimate of drug-likeness (QED) is 0.365. The van der Waals surface area contributed by atoms with Gasteiger partial charge in [-0.2, -0.15) is 0 Å². The summed E-state index contributed by atoms with van der Waals surface area (Å²) in [7, 11) is -3.88. The SMILES string of the molecule is CC(C)Sc1ccccc1C(=O)Nc1ccc(S(=O)(=O)Nc2cccc(Cl)c2Cl)cc1. The molecule has 0 heterocycles. The summed E-state index contributed by atoms with van der Waals surface area (Å²) in [5, 5.41) is 3.51. The van der Waals surface area contributed by atoms with Crippen LogP contribution in [0.3, 0.4) is 0 Å². The number of benzene rings is 3. The van der Waals surface area contributed by atoms with Crippen LogP contribution in [0.2, 0.25) is 10.0 Å². The summed E-state index contributed by atoms with van der Waals surface area (Å²) in [5.41, 5.74) is 1.23. The number of nitrogens with one attached hydrogen (secondary N) is 2. The van der Waals surface area contributed by atoms with Gasteiger partial charge in [-0.15, -0.1) is 11.8 Å². The number of halogens is 2.